The van der Waals surface area contributed by atoms with Gasteiger partial charge in [-0.05, 0) is 48.2 Å². The fourth-order valence-corrected chi connectivity index (χ4v) is 4.89. The van der Waals surface area contributed by atoms with Gasteiger partial charge in [0, 0.05) is 36.1 Å². The standard InChI is InChI=1S/C22H21Cl2N3O/c1-28-15-5-6-19(24)17(11-15)22-25-20-7-8-27(12-21(20)26-22)14-9-13-3-2-4-18(23)16(13)10-14/h2-6,11,14H,7-10,12H2,1H3,(H,25,26). The van der Waals surface area contributed by atoms with Gasteiger partial charge in [0.05, 0.1) is 23.5 Å². The molecule has 3 aromatic rings. The number of H-pyrrole nitrogens is 1. The summed E-state index contributed by atoms with van der Waals surface area (Å²) in [6.45, 7) is 1.89. The van der Waals surface area contributed by atoms with E-state index in [0.717, 1.165) is 60.2 Å². The molecule has 1 N–H and O–H groups in total. The highest BCUT2D eigenvalue weighted by molar-refractivity contribution is 6.33. The lowest BCUT2D eigenvalue weighted by Crippen LogP contribution is -2.39. The van der Waals surface area contributed by atoms with E-state index in [0.29, 0.717) is 11.1 Å². The van der Waals surface area contributed by atoms with Crippen molar-refractivity contribution in [3.05, 3.63) is 69.0 Å². The number of aromatic amines is 1. The van der Waals surface area contributed by atoms with Crippen LogP contribution in [0, 0.1) is 0 Å². The molecule has 28 heavy (non-hydrogen) atoms. The zero-order valence-corrected chi connectivity index (χ0v) is 17.1. The Morgan fingerprint density at radius 2 is 2.04 bits per heavy atom. The molecule has 0 saturated carbocycles. The third kappa shape index (κ3) is 3.10. The Bertz CT molecular complexity index is 1050. The summed E-state index contributed by atoms with van der Waals surface area (Å²) in [4.78, 5) is 10.9. The van der Waals surface area contributed by atoms with E-state index in [4.69, 9.17) is 32.9 Å². The molecule has 4 nitrogen and oxygen atoms in total. The second-order valence-electron chi connectivity index (χ2n) is 7.52. The molecule has 6 heteroatoms. The van der Waals surface area contributed by atoms with Crippen LogP contribution in [0.3, 0.4) is 0 Å². The van der Waals surface area contributed by atoms with Crippen molar-refractivity contribution in [1.29, 1.82) is 0 Å². The van der Waals surface area contributed by atoms with Crippen LogP contribution in [0.5, 0.6) is 5.75 Å². The minimum atomic E-state index is 0.496. The Morgan fingerprint density at radius 3 is 2.86 bits per heavy atom. The molecule has 2 aromatic carbocycles. The molecule has 1 atom stereocenters. The fraction of sp³-hybridized carbons (Fsp3) is 0.318. The summed E-state index contributed by atoms with van der Waals surface area (Å²) < 4.78 is 5.34. The highest BCUT2D eigenvalue weighted by Gasteiger charge is 2.31. The highest BCUT2D eigenvalue weighted by atomic mass is 35.5. The van der Waals surface area contributed by atoms with Crippen molar-refractivity contribution in [3.8, 4) is 17.1 Å². The first-order chi connectivity index (χ1) is 13.6. The molecule has 0 saturated heterocycles. The van der Waals surface area contributed by atoms with Crippen molar-refractivity contribution in [1.82, 2.24) is 14.9 Å². The number of halogens is 2. The highest BCUT2D eigenvalue weighted by Crippen LogP contribution is 2.35. The molecule has 1 aromatic heterocycles. The molecule has 2 aliphatic rings. The van der Waals surface area contributed by atoms with Gasteiger partial charge in [-0.25, -0.2) is 4.98 Å². The van der Waals surface area contributed by atoms with Gasteiger partial charge in [0.1, 0.15) is 11.6 Å². The van der Waals surface area contributed by atoms with Crippen LogP contribution in [0.1, 0.15) is 22.5 Å². The first-order valence-electron chi connectivity index (χ1n) is 9.54. The van der Waals surface area contributed by atoms with Crippen molar-refractivity contribution in [2.75, 3.05) is 13.7 Å². The Kier molecular flexibility index (Phi) is 4.58. The number of aromatic nitrogens is 2. The van der Waals surface area contributed by atoms with E-state index in [9.17, 15) is 0 Å². The number of hydrogen-bond acceptors (Lipinski definition) is 3. The van der Waals surface area contributed by atoms with E-state index >= 15 is 0 Å². The van der Waals surface area contributed by atoms with Gasteiger partial charge in [0.25, 0.3) is 0 Å². The van der Waals surface area contributed by atoms with E-state index < -0.39 is 0 Å². The van der Waals surface area contributed by atoms with E-state index in [1.54, 1.807) is 7.11 Å². The van der Waals surface area contributed by atoms with Gasteiger partial charge in [0.15, 0.2) is 0 Å². The zero-order valence-electron chi connectivity index (χ0n) is 15.6. The Labute approximate surface area is 174 Å². The van der Waals surface area contributed by atoms with E-state index in [2.05, 4.69) is 22.0 Å². The summed E-state index contributed by atoms with van der Waals surface area (Å²) in [5.41, 5.74) is 5.90. The first kappa shape index (κ1) is 18.0. The molecular formula is C22H21Cl2N3O. The number of fused-ring (bicyclic) bond motifs is 2. The largest absolute Gasteiger partial charge is 0.497 e. The number of rotatable bonds is 3. The number of nitrogens with zero attached hydrogens (tertiary/aromatic N) is 2. The quantitative estimate of drug-likeness (QED) is 0.662. The van der Waals surface area contributed by atoms with Crippen LogP contribution >= 0.6 is 23.2 Å². The number of methoxy groups -OCH3 is 1. The molecule has 0 bridgehead atoms. The van der Waals surface area contributed by atoms with Gasteiger partial charge in [-0.2, -0.15) is 0 Å². The first-order valence-corrected chi connectivity index (χ1v) is 10.3. The van der Waals surface area contributed by atoms with Gasteiger partial charge >= 0.3 is 0 Å². The second kappa shape index (κ2) is 7.11. The Morgan fingerprint density at radius 1 is 1.14 bits per heavy atom. The molecule has 2 heterocycles. The maximum absolute atomic E-state index is 6.41. The van der Waals surface area contributed by atoms with Gasteiger partial charge in [-0.15, -0.1) is 0 Å². The number of benzene rings is 2. The van der Waals surface area contributed by atoms with Gasteiger partial charge in [0.2, 0.25) is 0 Å². The maximum Gasteiger partial charge on any atom is 0.139 e. The molecule has 1 unspecified atom stereocenters. The van der Waals surface area contributed by atoms with Crippen LogP contribution in [0.2, 0.25) is 10.0 Å². The molecule has 0 spiro atoms. The van der Waals surface area contributed by atoms with Gasteiger partial charge < -0.3 is 9.72 Å². The second-order valence-corrected chi connectivity index (χ2v) is 8.33. The number of imidazole rings is 1. The van der Waals surface area contributed by atoms with Crippen LogP contribution < -0.4 is 4.74 Å². The zero-order chi connectivity index (χ0) is 19.3. The third-order valence-corrected chi connectivity index (χ3v) is 6.60. The summed E-state index contributed by atoms with van der Waals surface area (Å²) in [6.07, 6.45) is 3.02. The SMILES string of the molecule is COc1ccc(Cl)c(-c2nc3c([nH]2)CN(C2Cc4cccc(Cl)c4C2)CC3)c1. The number of nitrogens with one attached hydrogen (secondary N) is 1. The molecule has 1 aliphatic heterocycles. The van der Waals surface area contributed by atoms with Crippen molar-refractivity contribution >= 4 is 23.2 Å². The third-order valence-electron chi connectivity index (χ3n) is 5.92. The van der Waals surface area contributed by atoms with Gasteiger partial charge in [-0.1, -0.05) is 35.3 Å². The smallest absolute Gasteiger partial charge is 0.139 e. The van der Waals surface area contributed by atoms with Crippen LogP contribution in [-0.2, 0) is 25.8 Å². The fourth-order valence-electron chi connectivity index (χ4n) is 4.41. The van der Waals surface area contributed by atoms with Crippen molar-refractivity contribution < 1.29 is 4.74 Å². The van der Waals surface area contributed by atoms with E-state index in [1.807, 2.05) is 24.3 Å². The van der Waals surface area contributed by atoms with Gasteiger partial charge in [-0.3, -0.25) is 4.90 Å². The Hall–Kier alpha value is -2.01. The molecule has 1 aliphatic carbocycles. The predicted molar refractivity (Wildman–Crippen MR) is 112 cm³/mol. The molecule has 5 rings (SSSR count). The van der Waals surface area contributed by atoms with Crippen molar-refractivity contribution in [3.63, 3.8) is 0 Å². The van der Waals surface area contributed by atoms with E-state index in [-0.39, 0.29) is 0 Å². The van der Waals surface area contributed by atoms with Crippen LogP contribution in [0.15, 0.2) is 36.4 Å². The summed E-state index contributed by atoms with van der Waals surface area (Å²) >= 11 is 12.8. The van der Waals surface area contributed by atoms with Crippen molar-refractivity contribution in [2.24, 2.45) is 0 Å². The van der Waals surface area contributed by atoms with Crippen LogP contribution in [-0.4, -0.2) is 34.6 Å². The lowest BCUT2D eigenvalue weighted by Gasteiger charge is -2.31. The minimum absolute atomic E-state index is 0.496. The predicted octanol–water partition coefficient (Wildman–Crippen LogP) is 4.92. The lowest BCUT2D eigenvalue weighted by atomic mass is 10.1. The molecule has 0 fully saturated rings. The number of ether oxygens (including phenoxy) is 1. The number of hydrogen-bond donors (Lipinski definition) is 1. The minimum Gasteiger partial charge on any atom is -0.497 e. The molecule has 144 valence electrons. The normalized spacial score (nSPS) is 18.8. The van der Waals surface area contributed by atoms with Crippen LogP contribution in [0.4, 0.5) is 0 Å². The summed E-state index contributed by atoms with van der Waals surface area (Å²) in [6, 6.07) is 12.4. The monoisotopic (exact) mass is 413 g/mol. The summed E-state index contributed by atoms with van der Waals surface area (Å²) in [5, 5.41) is 1.57. The maximum atomic E-state index is 6.41. The van der Waals surface area contributed by atoms with E-state index in [1.165, 1.54) is 16.8 Å². The molecule has 0 radical (unpaired) electrons. The molecular weight excluding hydrogens is 393 g/mol. The average Bonchev–Trinajstić information content (AvgIpc) is 3.32. The Balaban J connectivity index is 1.39. The lowest BCUT2D eigenvalue weighted by molar-refractivity contribution is 0.181. The topological polar surface area (TPSA) is 41.1 Å². The van der Waals surface area contributed by atoms with Crippen molar-refractivity contribution in [2.45, 2.75) is 31.8 Å². The summed E-state index contributed by atoms with van der Waals surface area (Å²) in [7, 11) is 1.66. The average molecular weight is 414 g/mol. The summed E-state index contributed by atoms with van der Waals surface area (Å²) in [5.74, 6) is 1.59. The molecule has 0 amide bonds. The van der Waals surface area contributed by atoms with Crippen LogP contribution in [0.25, 0.3) is 11.4 Å².